The highest BCUT2D eigenvalue weighted by Crippen LogP contribution is 2.23. The van der Waals surface area contributed by atoms with Gasteiger partial charge in [-0.05, 0) is 51.9 Å². The first-order valence-electron chi connectivity index (χ1n) is 11.3. The van der Waals surface area contributed by atoms with Gasteiger partial charge in [0.15, 0.2) is 0 Å². The number of hydrogen-bond donors (Lipinski definition) is 2. The standard InChI is InChI=1S/C25H29N5O3/c1-17(2)26-25(32)20-10-6-7-11-21(20)27-24(31)19-12-14-30(15-13-19)16-22-28-23(29-33-22)18-8-4-3-5-9-18/h3-11,17,19H,12-16H2,1-2H3,(H,26,32)(H,27,31). The summed E-state index contributed by atoms with van der Waals surface area (Å²) in [5.74, 6) is 0.806. The summed E-state index contributed by atoms with van der Waals surface area (Å²) in [6, 6.07) is 16.9. The Labute approximate surface area is 193 Å². The summed E-state index contributed by atoms with van der Waals surface area (Å²) in [5.41, 5.74) is 1.94. The summed E-state index contributed by atoms with van der Waals surface area (Å²) in [4.78, 5) is 32.1. The molecule has 0 saturated carbocycles. The fourth-order valence-corrected chi connectivity index (χ4v) is 3.93. The predicted octanol–water partition coefficient (Wildman–Crippen LogP) is 3.73. The van der Waals surface area contributed by atoms with Crippen LogP contribution in [0.15, 0.2) is 59.1 Å². The van der Waals surface area contributed by atoms with Crippen molar-refractivity contribution in [1.82, 2.24) is 20.4 Å². The Hall–Kier alpha value is -3.52. The molecule has 2 heterocycles. The Balaban J connectivity index is 1.30. The number of anilines is 1. The molecular weight excluding hydrogens is 418 g/mol. The molecule has 4 rings (SSSR count). The van der Waals surface area contributed by atoms with Crippen molar-refractivity contribution in [2.24, 2.45) is 5.92 Å². The van der Waals surface area contributed by atoms with Gasteiger partial charge < -0.3 is 15.2 Å². The number of benzene rings is 2. The highest BCUT2D eigenvalue weighted by atomic mass is 16.5. The van der Waals surface area contributed by atoms with Crippen LogP contribution in [-0.4, -0.2) is 46.0 Å². The number of nitrogens with zero attached hydrogens (tertiary/aromatic N) is 3. The van der Waals surface area contributed by atoms with Crippen LogP contribution in [0.4, 0.5) is 5.69 Å². The van der Waals surface area contributed by atoms with E-state index in [4.69, 9.17) is 4.52 Å². The zero-order valence-electron chi connectivity index (χ0n) is 19.0. The van der Waals surface area contributed by atoms with Crippen LogP contribution in [-0.2, 0) is 11.3 Å². The quantitative estimate of drug-likeness (QED) is 0.573. The van der Waals surface area contributed by atoms with E-state index >= 15 is 0 Å². The lowest BCUT2D eigenvalue weighted by Crippen LogP contribution is -2.38. The molecule has 0 bridgehead atoms. The highest BCUT2D eigenvalue weighted by Gasteiger charge is 2.27. The lowest BCUT2D eigenvalue weighted by molar-refractivity contribution is -0.121. The van der Waals surface area contributed by atoms with Crippen molar-refractivity contribution in [3.8, 4) is 11.4 Å². The third kappa shape index (κ3) is 5.84. The maximum Gasteiger partial charge on any atom is 0.253 e. The Morgan fingerprint density at radius 1 is 1.06 bits per heavy atom. The molecule has 33 heavy (non-hydrogen) atoms. The van der Waals surface area contributed by atoms with Gasteiger partial charge in [0.2, 0.25) is 17.6 Å². The van der Waals surface area contributed by atoms with E-state index in [1.54, 1.807) is 18.2 Å². The molecule has 172 valence electrons. The molecule has 0 unspecified atom stereocenters. The molecule has 8 heteroatoms. The number of hydrogen-bond acceptors (Lipinski definition) is 6. The van der Waals surface area contributed by atoms with Crippen LogP contribution >= 0.6 is 0 Å². The number of likely N-dealkylation sites (tertiary alicyclic amines) is 1. The Morgan fingerprint density at radius 3 is 2.48 bits per heavy atom. The first-order chi connectivity index (χ1) is 16.0. The van der Waals surface area contributed by atoms with Crippen molar-refractivity contribution >= 4 is 17.5 Å². The maximum atomic E-state index is 12.9. The Bertz CT molecular complexity index is 1090. The van der Waals surface area contributed by atoms with Crippen LogP contribution in [0, 0.1) is 5.92 Å². The number of para-hydroxylation sites is 1. The van der Waals surface area contributed by atoms with E-state index in [-0.39, 0.29) is 23.8 Å². The second-order valence-corrected chi connectivity index (χ2v) is 8.59. The molecule has 1 fully saturated rings. The SMILES string of the molecule is CC(C)NC(=O)c1ccccc1NC(=O)C1CCN(Cc2nc(-c3ccccc3)no2)CC1. The van der Waals surface area contributed by atoms with Gasteiger partial charge >= 0.3 is 0 Å². The third-order valence-electron chi connectivity index (χ3n) is 5.67. The van der Waals surface area contributed by atoms with Crippen LogP contribution in [0.1, 0.15) is 42.9 Å². The minimum absolute atomic E-state index is 0.0215. The fourth-order valence-electron chi connectivity index (χ4n) is 3.93. The van der Waals surface area contributed by atoms with Gasteiger partial charge in [0.05, 0.1) is 17.8 Å². The van der Waals surface area contributed by atoms with Gasteiger partial charge in [0.1, 0.15) is 0 Å². The molecule has 2 N–H and O–H groups in total. The number of rotatable bonds is 7. The van der Waals surface area contributed by atoms with E-state index < -0.39 is 0 Å². The van der Waals surface area contributed by atoms with Gasteiger partial charge in [0.25, 0.3) is 5.91 Å². The van der Waals surface area contributed by atoms with Crippen LogP contribution in [0.2, 0.25) is 0 Å². The van der Waals surface area contributed by atoms with Crippen LogP contribution in [0.3, 0.4) is 0 Å². The first-order valence-corrected chi connectivity index (χ1v) is 11.3. The molecule has 1 aliphatic rings. The van der Waals surface area contributed by atoms with Crippen LogP contribution in [0.5, 0.6) is 0 Å². The highest BCUT2D eigenvalue weighted by molar-refractivity contribution is 6.04. The van der Waals surface area contributed by atoms with E-state index in [0.29, 0.717) is 29.5 Å². The number of piperidine rings is 1. The topological polar surface area (TPSA) is 100 Å². The van der Waals surface area contributed by atoms with Crippen LogP contribution in [0.25, 0.3) is 11.4 Å². The summed E-state index contributed by atoms with van der Waals surface area (Å²) in [7, 11) is 0. The molecule has 0 spiro atoms. The van der Waals surface area contributed by atoms with Crippen molar-refractivity contribution in [3.63, 3.8) is 0 Å². The molecule has 1 aromatic heterocycles. The molecule has 1 saturated heterocycles. The van der Waals surface area contributed by atoms with E-state index in [1.165, 1.54) is 0 Å². The number of nitrogens with one attached hydrogen (secondary N) is 2. The van der Waals surface area contributed by atoms with E-state index in [1.807, 2.05) is 50.2 Å². The molecule has 3 aromatic rings. The average molecular weight is 448 g/mol. The first kappa shape index (κ1) is 22.7. The molecule has 1 aliphatic heterocycles. The van der Waals surface area contributed by atoms with Crippen LogP contribution < -0.4 is 10.6 Å². The van der Waals surface area contributed by atoms with Crippen molar-refractivity contribution in [2.45, 2.75) is 39.3 Å². The smallest absolute Gasteiger partial charge is 0.253 e. The number of amides is 2. The van der Waals surface area contributed by atoms with E-state index in [0.717, 1.165) is 31.5 Å². The lowest BCUT2D eigenvalue weighted by Gasteiger charge is -2.30. The Kier molecular flexibility index (Phi) is 7.14. The maximum absolute atomic E-state index is 12.9. The molecular formula is C25H29N5O3. The van der Waals surface area contributed by atoms with Crippen molar-refractivity contribution in [3.05, 3.63) is 66.1 Å². The second kappa shape index (κ2) is 10.4. The molecule has 2 aromatic carbocycles. The third-order valence-corrected chi connectivity index (χ3v) is 5.67. The zero-order chi connectivity index (χ0) is 23.2. The number of carbonyl (C=O) groups is 2. The van der Waals surface area contributed by atoms with Gasteiger partial charge in [-0.15, -0.1) is 0 Å². The van der Waals surface area contributed by atoms with Gasteiger partial charge in [-0.1, -0.05) is 47.6 Å². The summed E-state index contributed by atoms with van der Waals surface area (Å²) in [6.07, 6.45) is 1.46. The lowest BCUT2D eigenvalue weighted by atomic mass is 9.95. The molecule has 2 amide bonds. The van der Waals surface area contributed by atoms with Crippen molar-refractivity contribution < 1.29 is 14.1 Å². The summed E-state index contributed by atoms with van der Waals surface area (Å²) in [6.45, 7) is 5.90. The van der Waals surface area contributed by atoms with E-state index in [9.17, 15) is 9.59 Å². The predicted molar refractivity (Wildman–Crippen MR) is 125 cm³/mol. The molecule has 0 atom stereocenters. The molecule has 0 aliphatic carbocycles. The summed E-state index contributed by atoms with van der Waals surface area (Å²) >= 11 is 0. The average Bonchev–Trinajstić information content (AvgIpc) is 3.28. The molecule has 8 nitrogen and oxygen atoms in total. The Morgan fingerprint density at radius 2 is 1.76 bits per heavy atom. The second-order valence-electron chi connectivity index (χ2n) is 8.59. The largest absolute Gasteiger partial charge is 0.350 e. The van der Waals surface area contributed by atoms with Crippen molar-refractivity contribution in [1.29, 1.82) is 0 Å². The minimum atomic E-state index is -0.190. The fraction of sp³-hybridized carbons (Fsp3) is 0.360. The number of carbonyl (C=O) groups excluding carboxylic acids is 2. The van der Waals surface area contributed by atoms with Gasteiger partial charge in [-0.25, -0.2) is 0 Å². The zero-order valence-corrected chi connectivity index (χ0v) is 19.0. The molecule has 0 radical (unpaired) electrons. The van der Waals surface area contributed by atoms with Gasteiger partial charge in [0, 0.05) is 17.5 Å². The number of aromatic nitrogens is 2. The minimum Gasteiger partial charge on any atom is -0.350 e. The van der Waals surface area contributed by atoms with E-state index in [2.05, 4.69) is 25.7 Å². The van der Waals surface area contributed by atoms with Crippen molar-refractivity contribution in [2.75, 3.05) is 18.4 Å². The van der Waals surface area contributed by atoms with Gasteiger partial charge in [-0.2, -0.15) is 4.98 Å². The summed E-state index contributed by atoms with van der Waals surface area (Å²) < 4.78 is 5.42. The van der Waals surface area contributed by atoms with Gasteiger partial charge in [-0.3, -0.25) is 14.5 Å². The summed E-state index contributed by atoms with van der Waals surface area (Å²) in [5, 5.41) is 9.91. The normalized spacial score (nSPS) is 14.9. The monoisotopic (exact) mass is 447 g/mol.